The van der Waals surface area contributed by atoms with E-state index in [0.717, 1.165) is 16.7 Å². The van der Waals surface area contributed by atoms with Gasteiger partial charge in [-0.15, -0.1) is 11.8 Å². The van der Waals surface area contributed by atoms with Gasteiger partial charge in [-0.25, -0.2) is 4.79 Å². The smallest absolute Gasteiger partial charge is 0.334 e. The first kappa shape index (κ1) is 11.0. The molecular weight excluding hydrogens is 230 g/mol. The first-order chi connectivity index (χ1) is 7.59. The number of hydrogen-bond donors (Lipinski definition) is 3. The molecule has 1 aromatic rings. The number of rotatable bonds is 2. The van der Waals surface area contributed by atoms with E-state index in [1.807, 2.05) is 0 Å². The zero-order chi connectivity index (χ0) is 11.7. The number of anilines is 1. The van der Waals surface area contributed by atoms with Crippen LogP contribution in [0.4, 0.5) is 5.69 Å². The maximum absolute atomic E-state index is 11.5. The van der Waals surface area contributed by atoms with Gasteiger partial charge in [0.1, 0.15) is 5.25 Å². The van der Waals surface area contributed by atoms with Gasteiger partial charge in [0.25, 0.3) is 0 Å². The summed E-state index contributed by atoms with van der Waals surface area (Å²) in [6.07, 6.45) is -1.70. The molecule has 0 bridgehead atoms. The van der Waals surface area contributed by atoms with E-state index in [1.165, 1.54) is 0 Å². The molecule has 0 aromatic heterocycles. The predicted molar refractivity (Wildman–Crippen MR) is 58.4 cm³/mol. The van der Waals surface area contributed by atoms with Crippen molar-refractivity contribution >= 4 is 29.3 Å². The lowest BCUT2D eigenvalue weighted by molar-refractivity contribution is -0.148. The number of carbonyl (C=O) groups is 2. The van der Waals surface area contributed by atoms with Crippen LogP contribution in [0.5, 0.6) is 0 Å². The molecule has 1 amide bonds. The van der Waals surface area contributed by atoms with E-state index in [0.29, 0.717) is 5.69 Å². The fourth-order valence-corrected chi connectivity index (χ4v) is 2.49. The van der Waals surface area contributed by atoms with Crippen LogP contribution in [0.1, 0.15) is 0 Å². The van der Waals surface area contributed by atoms with Crippen LogP contribution in [0.2, 0.25) is 0 Å². The molecule has 2 atom stereocenters. The van der Waals surface area contributed by atoms with Gasteiger partial charge in [-0.3, -0.25) is 4.79 Å². The Morgan fingerprint density at radius 2 is 2.12 bits per heavy atom. The molecule has 5 nitrogen and oxygen atoms in total. The maximum atomic E-state index is 11.5. The fraction of sp³-hybridized carbons (Fsp3) is 0.200. The van der Waals surface area contributed by atoms with Gasteiger partial charge in [0.2, 0.25) is 5.91 Å². The number of aliphatic carboxylic acids is 1. The number of aliphatic hydroxyl groups excluding tert-OH is 1. The number of amides is 1. The molecule has 0 fully saturated rings. The number of carboxylic acid groups (broad SMARTS) is 1. The Morgan fingerprint density at radius 3 is 2.81 bits per heavy atom. The molecule has 0 radical (unpaired) electrons. The van der Waals surface area contributed by atoms with Crippen molar-refractivity contribution in [3.8, 4) is 0 Å². The van der Waals surface area contributed by atoms with Crippen LogP contribution in [0.25, 0.3) is 0 Å². The second kappa shape index (κ2) is 4.15. The zero-order valence-electron chi connectivity index (χ0n) is 8.08. The molecule has 84 valence electrons. The summed E-state index contributed by atoms with van der Waals surface area (Å²) in [4.78, 5) is 22.9. The van der Waals surface area contributed by atoms with E-state index >= 15 is 0 Å². The highest BCUT2D eigenvalue weighted by Gasteiger charge is 2.36. The van der Waals surface area contributed by atoms with E-state index in [4.69, 9.17) is 5.11 Å². The Labute approximate surface area is 95.5 Å². The Kier molecular flexibility index (Phi) is 2.84. The van der Waals surface area contributed by atoms with Gasteiger partial charge in [0.15, 0.2) is 6.10 Å². The van der Waals surface area contributed by atoms with E-state index in [1.54, 1.807) is 24.3 Å². The van der Waals surface area contributed by atoms with E-state index in [-0.39, 0.29) is 0 Å². The molecule has 0 spiro atoms. The minimum Gasteiger partial charge on any atom is -0.479 e. The van der Waals surface area contributed by atoms with Crippen molar-refractivity contribution in [3.63, 3.8) is 0 Å². The zero-order valence-corrected chi connectivity index (χ0v) is 8.90. The first-order valence-electron chi connectivity index (χ1n) is 4.57. The highest BCUT2D eigenvalue weighted by Crippen LogP contribution is 2.36. The lowest BCUT2D eigenvalue weighted by atomic mass is 10.2. The molecule has 16 heavy (non-hydrogen) atoms. The summed E-state index contributed by atoms with van der Waals surface area (Å²) < 4.78 is 0. The highest BCUT2D eigenvalue weighted by atomic mass is 32.2. The van der Waals surface area contributed by atoms with Crippen molar-refractivity contribution in [1.29, 1.82) is 0 Å². The number of nitrogens with one attached hydrogen (secondary N) is 1. The number of benzene rings is 1. The molecule has 0 saturated heterocycles. The molecule has 6 heteroatoms. The van der Waals surface area contributed by atoms with Crippen LogP contribution in [-0.2, 0) is 9.59 Å². The molecule has 1 heterocycles. The van der Waals surface area contributed by atoms with Crippen LogP contribution in [0.3, 0.4) is 0 Å². The molecule has 1 aliphatic rings. The predicted octanol–water partition coefficient (Wildman–Crippen LogP) is 0.545. The summed E-state index contributed by atoms with van der Waals surface area (Å²) in [6, 6.07) is 7.05. The third-order valence-corrected chi connectivity index (χ3v) is 3.53. The van der Waals surface area contributed by atoms with Gasteiger partial charge in [-0.2, -0.15) is 0 Å². The summed E-state index contributed by atoms with van der Waals surface area (Å²) >= 11 is 1.06. The van der Waals surface area contributed by atoms with E-state index < -0.39 is 23.2 Å². The van der Waals surface area contributed by atoms with Crippen molar-refractivity contribution in [2.75, 3.05) is 5.32 Å². The SMILES string of the molecule is O=C(O)C(O)C1Sc2ccccc2NC1=O. The molecule has 0 aliphatic carbocycles. The van der Waals surface area contributed by atoms with Gasteiger partial charge in [-0.05, 0) is 12.1 Å². The van der Waals surface area contributed by atoms with Crippen molar-refractivity contribution in [1.82, 2.24) is 0 Å². The topological polar surface area (TPSA) is 86.6 Å². The summed E-state index contributed by atoms with van der Waals surface area (Å²) in [7, 11) is 0. The summed E-state index contributed by atoms with van der Waals surface area (Å²) in [6.45, 7) is 0. The number of hydrogen-bond acceptors (Lipinski definition) is 4. The molecule has 2 rings (SSSR count). The average Bonchev–Trinajstić information content (AvgIpc) is 2.27. The molecule has 3 N–H and O–H groups in total. The Morgan fingerprint density at radius 1 is 1.44 bits per heavy atom. The minimum absolute atomic E-state index is 0.487. The van der Waals surface area contributed by atoms with Gasteiger partial charge < -0.3 is 15.5 Å². The van der Waals surface area contributed by atoms with Gasteiger partial charge in [0, 0.05) is 4.90 Å². The summed E-state index contributed by atoms with van der Waals surface area (Å²) in [5.41, 5.74) is 0.645. The standard InChI is InChI=1S/C10H9NO4S/c12-7(10(14)15)8-9(13)11-5-3-1-2-4-6(5)16-8/h1-4,7-8,12H,(H,11,13)(H,14,15). The normalized spacial score (nSPS) is 20.8. The van der Waals surface area contributed by atoms with Crippen LogP contribution < -0.4 is 5.32 Å². The largest absolute Gasteiger partial charge is 0.479 e. The third kappa shape index (κ3) is 1.89. The van der Waals surface area contributed by atoms with Crippen LogP contribution in [0.15, 0.2) is 29.2 Å². The van der Waals surface area contributed by atoms with Crippen LogP contribution in [0, 0.1) is 0 Å². The number of fused-ring (bicyclic) bond motifs is 1. The fourth-order valence-electron chi connectivity index (χ4n) is 1.40. The molecule has 2 unspecified atom stereocenters. The lowest BCUT2D eigenvalue weighted by Crippen LogP contribution is -2.42. The number of thioether (sulfide) groups is 1. The maximum Gasteiger partial charge on any atom is 0.334 e. The second-order valence-corrected chi connectivity index (χ2v) is 4.49. The summed E-state index contributed by atoms with van der Waals surface area (Å²) in [5, 5.41) is 19.6. The Balaban J connectivity index is 2.28. The quantitative estimate of drug-likeness (QED) is 0.701. The molecule has 1 aliphatic heterocycles. The van der Waals surface area contributed by atoms with Gasteiger partial charge in [-0.1, -0.05) is 12.1 Å². The monoisotopic (exact) mass is 239 g/mol. The lowest BCUT2D eigenvalue weighted by Gasteiger charge is -2.25. The first-order valence-corrected chi connectivity index (χ1v) is 5.45. The van der Waals surface area contributed by atoms with Gasteiger partial charge >= 0.3 is 5.97 Å². The minimum atomic E-state index is -1.70. The molecule has 0 saturated carbocycles. The van der Waals surface area contributed by atoms with E-state index in [9.17, 15) is 14.7 Å². The van der Waals surface area contributed by atoms with E-state index in [2.05, 4.69) is 5.32 Å². The Hall–Kier alpha value is -1.53. The number of para-hydroxylation sites is 1. The summed E-state index contributed by atoms with van der Waals surface area (Å²) in [5.74, 6) is -1.88. The number of carbonyl (C=O) groups excluding carboxylic acids is 1. The van der Waals surface area contributed by atoms with Crippen molar-refractivity contribution in [2.45, 2.75) is 16.2 Å². The van der Waals surface area contributed by atoms with Crippen molar-refractivity contribution < 1.29 is 19.8 Å². The van der Waals surface area contributed by atoms with Crippen molar-refractivity contribution in [2.24, 2.45) is 0 Å². The number of aliphatic hydroxyl groups is 1. The highest BCUT2D eigenvalue weighted by molar-refractivity contribution is 8.01. The van der Waals surface area contributed by atoms with Crippen LogP contribution in [-0.4, -0.2) is 33.4 Å². The third-order valence-electron chi connectivity index (χ3n) is 2.20. The number of carboxylic acids is 1. The second-order valence-electron chi connectivity index (χ2n) is 3.31. The molecular formula is C10H9NO4S. The van der Waals surface area contributed by atoms with Crippen molar-refractivity contribution in [3.05, 3.63) is 24.3 Å². The average molecular weight is 239 g/mol. The van der Waals surface area contributed by atoms with Crippen LogP contribution >= 0.6 is 11.8 Å². The Bertz CT molecular complexity index is 448. The molecule has 1 aromatic carbocycles. The van der Waals surface area contributed by atoms with Gasteiger partial charge in [0.05, 0.1) is 5.69 Å².